The standard InChI is InChI=1S/C13H23N5/c1-3-14-9-12-10-15-13(16-11-12)18-6-4-5-17(2)7-8-18/h10-11,14H,3-9H2,1-2H3. The minimum atomic E-state index is 0.847. The molecule has 0 aliphatic carbocycles. The lowest BCUT2D eigenvalue weighted by molar-refractivity contribution is 0.360. The van der Waals surface area contributed by atoms with Crippen LogP contribution in [0.1, 0.15) is 18.9 Å². The van der Waals surface area contributed by atoms with Gasteiger partial charge in [0.1, 0.15) is 0 Å². The van der Waals surface area contributed by atoms with Crippen molar-refractivity contribution in [2.24, 2.45) is 0 Å². The van der Waals surface area contributed by atoms with Crippen LogP contribution < -0.4 is 10.2 Å². The Morgan fingerprint density at radius 1 is 1.17 bits per heavy atom. The zero-order valence-electron chi connectivity index (χ0n) is 11.4. The molecule has 0 radical (unpaired) electrons. The zero-order valence-corrected chi connectivity index (χ0v) is 11.4. The van der Waals surface area contributed by atoms with Crippen LogP contribution >= 0.6 is 0 Å². The molecule has 0 unspecified atom stereocenters. The molecule has 1 saturated heterocycles. The molecule has 1 N–H and O–H groups in total. The summed E-state index contributed by atoms with van der Waals surface area (Å²) in [7, 11) is 2.17. The smallest absolute Gasteiger partial charge is 0.225 e. The molecule has 0 bridgehead atoms. The first-order valence-electron chi connectivity index (χ1n) is 6.74. The summed E-state index contributed by atoms with van der Waals surface area (Å²) in [6.45, 7) is 8.24. The molecule has 2 rings (SSSR count). The molecule has 0 atom stereocenters. The molecule has 1 aliphatic rings. The Kier molecular flexibility index (Phi) is 4.90. The van der Waals surface area contributed by atoms with Gasteiger partial charge in [0, 0.05) is 44.1 Å². The topological polar surface area (TPSA) is 44.3 Å². The molecule has 18 heavy (non-hydrogen) atoms. The van der Waals surface area contributed by atoms with Gasteiger partial charge in [-0.3, -0.25) is 0 Å². The predicted molar refractivity (Wildman–Crippen MR) is 73.7 cm³/mol. The third kappa shape index (κ3) is 3.65. The van der Waals surface area contributed by atoms with Gasteiger partial charge in [-0.15, -0.1) is 0 Å². The fourth-order valence-corrected chi connectivity index (χ4v) is 2.12. The molecule has 100 valence electrons. The van der Waals surface area contributed by atoms with E-state index >= 15 is 0 Å². The zero-order chi connectivity index (χ0) is 12.8. The first-order valence-corrected chi connectivity index (χ1v) is 6.74. The van der Waals surface area contributed by atoms with Crippen molar-refractivity contribution in [3.63, 3.8) is 0 Å². The van der Waals surface area contributed by atoms with E-state index in [0.717, 1.165) is 50.8 Å². The summed E-state index contributed by atoms with van der Waals surface area (Å²) >= 11 is 0. The molecular formula is C13H23N5. The van der Waals surface area contributed by atoms with Crippen molar-refractivity contribution >= 4 is 5.95 Å². The number of anilines is 1. The second-order valence-electron chi connectivity index (χ2n) is 4.82. The summed E-state index contributed by atoms with van der Waals surface area (Å²) in [5, 5.41) is 3.28. The van der Waals surface area contributed by atoms with E-state index < -0.39 is 0 Å². The van der Waals surface area contributed by atoms with Crippen LogP contribution in [-0.2, 0) is 6.54 Å². The van der Waals surface area contributed by atoms with Crippen molar-refractivity contribution in [3.05, 3.63) is 18.0 Å². The van der Waals surface area contributed by atoms with Gasteiger partial charge in [-0.2, -0.15) is 0 Å². The Morgan fingerprint density at radius 2 is 1.94 bits per heavy atom. The first kappa shape index (κ1) is 13.2. The third-order valence-electron chi connectivity index (χ3n) is 3.27. The minimum Gasteiger partial charge on any atom is -0.339 e. The lowest BCUT2D eigenvalue weighted by Gasteiger charge is -2.20. The maximum Gasteiger partial charge on any atom is 0.225 e. The van der Waals surface area contributed by atoms with Gasteiger partial charge in [0.05, 0.1) is 0 Å². The highest BCUT2D eigenvalue weighted by Crippen LogP contribution is 2.10. The van der Waals surface area contributed by atoms with Gasteiger partial charge in [0.15, 0.2) is 0 Å². The van der Waals surface area contributed by atoms with Crippen molar-refractivity contribution in [2.75, 3.05) is 44.7 Å². The summed E-state index contributed by atoms with van der Waals surface area (Å²) in [4.78, 5) is 13.6. The van der Waals surface area contributed by atoms with E-state index in [4.69, 9.17) is 0 Å². The van der Waals surface area contributed by atoms with Crippen LogP contribution in [0, 0.1) is 0 Å². The molecule has 1 aromatic rings. The normalized spacial score (nSPS) is 17.8. The Hall–Kier alpha value is -1.20. The van der Waals surface area contributed by atoms with Crippen LogP contribution in [0.4, 0.5) is 5.95 Å². The molecule has 0 saturated carbocycles. The van der Waals surface area contributed by atoms with Crippen LogP contribution in [0.3, 0.4) is 0 Å². The quantitative estimate of drug-likeness (QED) is 0.852. The maximum atomic E-state index is 4.48. The highest BCUT2D eigenvalue weighted by atomic mass is 15.3. The van der Waals surface area contributed by atoms with E-state index in [9.17, 15) is 0 Å². The Labute approximate surface area is 109 Å². The largest absolute Gasteiger partial charge is 0.339 e. The summed E-state index contributed by atoms with van der Waals surface area (Å²) < 4.78 is 0. The number of nitrogens with one attached hydrogen (secondary N) is 1. The predicted octanol–water partition coefficient (Wildman–Crippen LogP) is 0.728. The molecule has 0 spiro atoms. The van der Waals surface area contributed by atoms with Crippen LogP contribution in [0.5, 0.6) is 0 Å². The summed E-state index contributed by atoms with van der Waals surface area (Å²) in [5.74, 6) is 0.866. The molecule has 1 aliphatic heterocycles. The molecule has 1 fully saturated rings. The monoisotopic (exact) mass is 249 g/mol. The number of hydrogen-bond acceptors (Lipinski definition) is 5. The summed E-state index contributed by atoms with van der Waals surface area (Å²) in [6, 6.07) is 0. The van der Waals surface area contributed by atoms with E-state index in [0.29, 0.717) is 0 Å². The van der Waals surface area contributed by atoms with Gasteiger partial charge in [-0.25, -0.2) is 9.97 Å². The molecule has 2 heterocycles. The lowest BCUT2D eigenvalue weighted by atomic mass is 10.3. The van der Waals surface area contributed by atoms with E-state index in [1.807, 2.05) is 12.4 Å². The van der Waals surface area contributed by atoms with Gasteiger partial charge in [-0.1, -0.05) is 6.92 Å². The van der Waals surface area contributed by atoms with Crippen molar-refractivity contribution in [3.8, 4) is 0 Å². The molecule has 5 heteroatoms. The van der Waals surface area contributed by atoms with Gasteiger partial charge < -0.3 is 15.1 Å². The number of rotatable bonds is 4. The minimum absolute atomic E-state index is 0.847. The summed E-state index contributed by atoms with van der Waals surface area (Å²) in [6.07, 6.45) is 5.04. The van der Waals surface area contributed by atoms with Crippen LogP contribution in [0.15, 0.2) is 12.4 Å². The van der Waals surface area contributed by atoms with E-state index in [-0.39, 0.29) is 0 Å². The fourth-order valence-electron chi connectivity index (χ4n) is 2.12. The van der Waals surface area contributed by atoms with E-state index in [2.05, 4.69) is 39.1 Å². The second kappa shape index (κ2) is 6.66. The van der Waals surface area contributed by atoms with Gasteiger partial charge in [0.2, 0.25) is 5.95 Å². The van der Waals surface area contributed by atoms with Crippen molar-refractivity contribution in [1.82, 2.24) is 20.2 Å². The van der Waals surface area contributed by atoms with Crippen LogP contribution in [0.25, 0.3) is 0 Å². The Balaban J connectivity index is 1.95. The molecule has 1 aromatic heterocycles. The van der Waals surface area contributed by atoms with Gasteiger partial charge in [0.25, 0.3) is 0 Å². The number of hydrogen-bond donors (Lipinski definition) is 1. The SMILES string of the molecule is CCNCc1cnc(N2CCCN(C)CC2)nc1. The van der Waals surface area contributed by atoms with Gasteiger partial charge in [-0.05, 0) is 26.6 Å². The highest BCUT2D eigenvalue weighted by molar-refractivity contribution is 5.30. The Morgan fingerprint density at radius 3 is 2.67 bits per heavy atom. The molecular weight excluding hydrogens is 226 g/mol. The van der Waals surface area contributed by atoms with Gasteiger partial charge >= 0.3 is 0 Å². The molecule has 0 aromatic carbocycles. The molecule has 0 amide bonds. The van der Waals surface area contributed by atoms with E-state index in [1.165, 1.54) is 6.42 Å². The van der Waals surface area contributed by atoms with Crippen molar-refractivity contribution in [2.45, 2.75) is 19.9 Å². The van der Waals surface area contributed by atoms with E-state index in [1.54, 1.807) is 0 Å². The maximum absolute atomic E-state index is 4.48. The van der Waals surface area contributed by atoms with Crippen molar-refractivity contribution in [1.29, 1.82) is 0 Å². The lowest BCUT2D eigenvalue weighted by Crippen LogP contribution is -2.30. The first-order chi connectivity index (χ1) is 8.79. The highest BCUT2D eigenvalue weighted by Gasteiger charge is 2.14. The fraction of sp³-hybridized carbons (Fsp3) is 0.692. The van der Waals surface area contributed by atoms with Crippen LogP contribution in [0.2, 0.25) is 0 Å². The number of nitrogens with zero attached hydrogens (tertiary/aromatic N) is 4. The second-order valence-corrected chi connectivity index (χ2v) is 4.82. The summed E-state index contributed by atoms with van der Waals surface area (Å²) in [5.41, 5.74) is 1.15. The van der Waals surface area contributed by atoms with Crippen molar-refractivity contribution < 1.29 is 0 Å². The average molecular weight is 249 g/mol. The number of aromatic nitrogens is 2. The Bertz CT molecular complexity index is 351. The molecule has 5 nitrogen and oxygen atoms in total. The van der Waals surface area contributed by atoms with Crippen LogP contribution in [-0.4, -0.2) is 54.6 Å². The average Bonchev–Trinajstić information content (AvgIpc) is 2.62. The third-order valence-corrected chi connectivity index (χ3v) is 3.27. The number of likely N-dealkylation sites (N-methyl/N-ethyl adjacent to an activating group) is 1.